The van der Waals surface area contributed by atoms with Gasteiger partial charge in [-0.2, -0.15) is 0 Å². The molecule has 1 amide bonds. The van der Waals surface area contributed by atoms with Crippen LogP contribution in [0, 0.1) is 0 Å². The molecule has 5 nitrogen and oxygen atoms in total. The van der Waals surface area contributed by atoms with Crippen LogP contribution in [0.15, 0.2) is 0 Å². The number of hydrogen-bond donors (Lipinski definition) is 1. The molecule has 2 N–H and O–H groups in total. The number of amides is 1. The summed E-state index contributed by atoms with van der Waals surface area (Å²) in [5, 5.41) is 1.74. The van der Waals surface area contributed by atoms with Crippen LogP contribution in [0.25, 0.3) is 0 Å². The van der Waals surface area contributed by atoms with Crippen LogP contribution in [0.1, 0.15) is 27.2 Å². The number of nitrogens with zero attached hydrogens (tertiary/aromatic N) is 2. The first-order valence-corrected chi connectivity index (χ1v) is 5.36. The van der Waals surface area contributed by atoms with Gasteiger partial charge in [-0.25, -0.2) is 9.80 Å². The summed E-state index contributed by atoms with van der Waals surface area (Å²) in [7, 11) is 0. The van der Waals surface area contributed by atoms with Gasteiger partial charge in [0.1, 0.15) is 5.60 Å². The lowest BCUT2D eigenvalue weighted by Gasteiger charge is -2.26. The minimum atomic E-state index is -0.425. The fraction of sp³-hybridized carbons (Fsp3) is 0.900. The number of hydrazine groups is 1. The van der Waals surface area contributed by atoms with Gasteiger partial charge in [-0.05, 0) is 27.2 Å². The van der Waals surface area contributed by atoms with Gasteiger partial charge in [0.2, 0.25) is 0 Å². The largest absolute Gasteiger partial charge is 0.444 e. The van der Waals surface area contributed by atoms with Crippen molar-refractivity contribution in [3.63, 3.8) is 0 Å². The Balaban J connectivity index is 2.45. The van der Waals surface area contributed by atoms with Gasteiger partial charge < -0.3 is 9.64 Å². The highest BCUT2D eigenvalue weighted by Crippen LogP contribution is 2.11. The van der Waals surface area contributed by atoms with Crippen molar-refractivity contribution in [3.8, 4) is 0 Å². The Bertz CT molecular complexity index is 225. The fourth-order valence-corrected chi connectivity index (χ4v) is 1.45. The summed E-state index contributed by atoms with van der Waals surface area (Å²) in [6.07, 6.45) is 0.660. The lowest BCUT2D eigenvalue weighted by molar-refractivity contribution is 0.0258. The molecular weight excluding hydrogens is 194 g/mol. The molecule has 0 aliphatic carbocycles. The molecule has 0 aromatic carbocycles. The first-order chi connectivity index (χ1) is 6.88. The zero-order valence-corrected chi connectivity index (χ0v) is 9.82. The van der Waals surface area contributed by atoms with E-state index >= 15 is 0 Å². The minimum absolute atomic E-state index is 0.238. The van der Waals surface area contributed by atoms with Gasteiger partial charge in [0.05, 0.1) is 0 Å². The van der Waals surface area contributed by atoms with E-state index < -0.39 is 5.60 Å². The summed E-state index contributed by atoms with van der Waals surface area (Å²) in [4.78, 5) is 13.4. The van der Waals surface area contributed by atoms with Crippen LogP contribution >= 0.6 is 0 Å². The van der Waals surface area contributed by atoms with E-state index in [0.717, 1.165) is 19.5 Å². The smallest absolute Gasteiger partial charge is 0.410 e. The molecular formula is C10H21N3O2. The number of carbonyl (C=O) groups is 1. The van der Waals surface area contributed by atoms with Gasteiger partial charge in [-0.3, -0.25) is 5.84 Å². The zero-order chi connectivity index (χ0) is 11.5. The van der Waals surface area contributed by atoms with Crippen LogP contribution in [-0.2, 0) is 4.74 Å². The molecule has 0 saturated carbocycles. The van der Waals surface area contributed by atoms with Crippen molar-refractivity contribution < 1.29 is 9.53 Å². The Kier molecular flexibility index (Phi) is 3.93. The van der Waals surface area contributed by atoms with E-state index in [1.165, 1.54) is 0 Å². The third-order valence-electron chi connectivity index (χ3n) is 2.18. The Labute approximate surface area is 91.1 Å². The van der Waals surface area contributed by atoms with E-state index in [2.05, 4.69) is 0 Å². The first-order valence-electron chi connectivity index (χ1n) is 5.36. The maximum atomic E-state index is 11.7. The highest BCUT2D eigenvalue weighted by Gasteiger charge is 2.23. The molecule has 1 aliphatic rings. The molecule has 0 aromatic rings. The molecule has 0 bridgehead atoms. The van der Waals surface area contributed by atoms with E-state index in [9.17, 15) is 4.79 Å². The van der Waals surface area contributed by atoms with Crippen molar-refractivity contribution in [3.05, 3.63) is 0 Å². The molecule has 15 heavy (non-hydrogen) atoms. The average Bonchev–Trinajstić information content (AvgIpc) is 2.26. The summed E-state index contributed by atoms with van der Waals surface area (Å²) < 4.78 is 5.30. The van der Waals surface area contributed by atoms with Crippen molar-refractivity contribution in [1.82, 2.24) is 9.91 Å². The first kappa shape index (κ1) is 12.3. The van der Waals surface area contributed by atoms with Gasteiger partial charge in [0, 0.05) is 26.2 Å². The molecule has 0 aromatic heterocycles. The molecule has 1 aliphatic heterocycles. The van der Waals surface area contributed by atoms with E-state index in [1.54, 1.807) is 9.91 Å². The van der Waals surface area contributed by atoms with Crippen LogP contribution in [-0.4, -0.2) is 47.8 Å². The third kappa shape index (κ3) is 4.48. The van der Waals surface area contributed by atoms with Crippen molar-refractivity contribution in [2.45, 2.75) is 32.8 Å². The second-order valence-corrected chi connectivity index (χ2v) is 4.86. The van der Waals surface area contributed by atoms with Crippen molar-refractivity contribution in [2.75, 3.05) is 26.2 Å². The third-order valence-corrected chi connectivity index (χ3v) is 2.18. The van der Waals surface area contributed by atoms with Gasteiger partial charge in [0.15, 0.2) is 0 Å². The maximum absolute atomic E-state index is 11.7. The highest BCUT2D eigenvalue weighted by atomic mass is 16.6. The SMILES string of the molecule is CC(C)(C)OC(=O)N1CCCN(N)CC1. The number of rotatable bonds is 0. The van der Waals surface area contributed by atoms with Crippen molar-refractivity contribution in [2.24, 2.45) is 5.84 Å². The molecule has 5 heteroatoms. The van der Waals surface area contributed by atoms with Gasteiger partial charge in [-0.15, -0.1) is 0 Å². The van der Waals surface area contributed by atoms with Crippen LogP contribution in [0.2, 0.25) is 0 Å². The Morgan fingerprint density at radius 1 is 1.20 bits per heavy atom. The van der Waals surface area contributed by atoms with Crippen LogP contribution < -0.4 is 5.84 Å². The summed E-state index contributed by atoms with van der Waals surface area (Å²) >= 11 is 0. The number of ether oxygens (including phenoxy) is 1. The number of carbonyl (C=O) groups excluding carboxylic acids is 1. The van der Waals surface area contributed by atoms with E-state index in [0.29, 0.717) is 13.1 Å². The second-order valence-electron chi connectivity index (χ2n) is 4.86. The van der Waals surface area contributed by atoms with Crippen molar-refractivity contribution >= 4 is 6.09 Å². The van der Waals surface area contributed by atoms with E-state index in [-0.39, 0.29) is 6.09 Å². The van der Waals surface area contributed by atoms with Crippen LogP contribution in [0.5, 0.6) is 0 Å². The lowest BCUT2D eigenvalue weighted by atomic mass is 10.2. The summed E-state index contributed by atoms with van der Waals surface area (Å²) in [6.45, 7) is 8.53. The topological polar surface area (TPSA) is 58.8 Å². The molecule has 0 atom stereocenters. The average molecular weight is 215 g/mol. The normalized spacial score (nSPS) is 19.9. The summed E-state index contributed by atoms with van der Waals surface area (Å²) in [6, 6.07) is 0. The quantitative estimate of drug-likeness (QED) is 0.607. The Morgan fingerprint density at radius 3 is 2.47 bits per heavy atom. The van der Waals surface area contributed by atoms with E-state index in [1.807, 2.05) is 20.8 Å². The Hall–Kier alpha value is -0.810. The molecule has 0 spiro atoms. The molecule has 88 valence electrons. The number of hydrogen-bond acceptors (Lipinski definition) is 4. The van der Waals surface area contributed by atoms with Gasteiger partial charge >= 0.3 is 6.09 Å². The van der Waals surface area contributed by atoms with E-state index in [4.69, 9.17) is 10.6 Å². The highest BCUT2D eigenvalue weighted by molar-refractivity contribution is 5.68. The van der Waals surface area contributed by atoms with Crippen molar-refractivity contribution in [1.29, 1.82) is 0 Å². The van der Waals surface area contributed by atoms with Crippen LogP contribution in [0.4, 0.5) is 4.79 Å². The monoisotopic (exact) mass is 215 g/mol. The minimum Gasteiger partial charge on any atom is -0.444 e. The molecule has 0 radical (unpaired) electrons. The Morgan fingerprint density at radius 2 is 1.87 bits per heavy atom. The summed E-state index contributed by atoms with van der Waals surface area (Å²) in [5.74, 6) is 5.68. The standard InChI is InChI=1S/C10H21N3O2/c1-10(2,3)15-9(14)12-5-4-6-13(11)8-7-12/h4-8,11H2,1-3H3. The van der Waals surface area contributed by atoms with Crippen LogP contribution in [0.3, 0.4) is 0 Å². The lowest BCUT2D eigenvalue weighted by Crippen LogP contribution is -2.40. The molecule has 1 saturated heterocycles. The molecule has 1 rings (SSSR count). The van der Waals surface area contributed by atoms with Gasteiger partial charge in [-0.1, -0.05) is 0 Å². The molecule has 0 unspecified atom stereocenters. The molecule has 1 fully saturated rings. The second kappa shape index (κ2) is 4.81. The predicted molar refractivity (Wildman–Crippen MR) is 58.2 cm³/mol. The summed E-state index contributed by atoms with van der Waals surface area (Å²) in [5.41, 5.74) is -0.425. The van der Waals surface area contributed by atoms with Gasteiger partial charge in [0.25, 0.3) is 0 Å². The zero-order valence-electron chi connectivity index (χ0n) is 9.82. The molecule has 1 heterocycles. The predicted octanol–water partition coefficient (Wildman–Crippen LogP) is 0.803. The maximum Gasteiger partial charge on any atom is 0.410 e. The fourth-order valence-electron chi connectivity index (χ4n) is 1.45. The number of nitrogens with two attached hydrogens (primary N) is 1.